The molecule has 0 unspecified atom stereocenters. The molecule has 2 aromatic carbocycles. The van der Waals surface area contributed by atoms with Gasteiger partial charge in [-0.05, 0) is 56.6 Å². The molecule has 0 spiro atoms. The summed E-state index contributed by atoms with van der Waals surface area (Å²) in [5, 5.41) is 1.29. The third-order valence-corrected chi connectivity index (χ3v) is 6.52. The minimum Gasteiger partial charge on any atom is -0.493 e. The molecule has 0 aliphatic carbocycles. The van der Waals surface area contributed by atoms with Crippen molar-refractivity contribution in [2.24, 2.45) is 0 Å². The molecule has 32 heavy (non-hydrogen) atoms. The minimum absolute atomic E-state index is 0.152. The second kappa shape index (κ2) is 9.03. The Bertz CT molecular complexity index is 1350. The van der Waals surface area contributed by atoms with Gasteiger partial charge in [-0.3, -0.25) is 4.79 Å². The van der Waals surface area contributed by atoms with Crippen LogP contribution < -0.4 is 15.0 Å². The van der Waals surface area contributed by atoms with Gasteiger partial charge in [0.1, 0.15) is 6.33 Å². The zero-order valence-electron chi connectivity index (χ0n) is 18.0. The quantitative estimate of drug-likeness (QED) is 0.223. The first-order valence-corrected chi connectivity index (χ1v) is 11.8. The maximum Gasteiger partial charge on any atom is 0.267 e. The Kier molecular flexibility index (Phi) is 5.97. The van der Waals surface area contributed by atoms with E-state index in [-0.39, 0.29) is 5.56 Å². The van der Waals surface area contributed by atoms with Crippen LogP contribution in [0.15, 0.2) is 45.9 Å². The van der Waals surface area contributed by atoms with E-state index in [1.807, 2.05) is 24.3 Å². The van der Waals surface area contributed by atoms with E-state index in [1.165, 1.54) is 43.1 Å². The molecule has 166 valence electrons. The van der Waals surface area contributed by atoms with Crippen molar-refractivity contribution in [3.8, 4) is 11.5 Å². The summed E-state index contributed by atoms with van der Waals surface area (Å²) < 4.78 is 14.0. The SMILES string of the molecule is COc1cc2ncn3c(=O)c4cc(Br)ccc4nc3c2cc1OCCCN1CCCCC1. The molecular formula is C24H25BrN4O3. The standard InChI is InChI=1S/C24H25BrN4O3/c1-31-21-14-20-17(13-22(21)32-11-5-10-28-8-3-2-4-9-28)23-27-19-7-6-16(25)12-18(19)24(30)29(23)15-26-20/h6-7,12-15H,2-5,8-11H2,1H3. The molecule has 0 saturated carbocycles. The number of aromatic nitrogens is 3. The van der Waals surface area contributed by atoms with E-state index in [9.17, 15) is 4.79 Å². The number of nitrogens with zero attached hydrogens (tertiary/aromatic N) is 4. The normalized spacial score (nSPS) is 14.9. The largest absolute Gasteiger partial charge is 0.493 e. The van der Waals surface area contributed by atoms with Gasteiger partial charge >= 0.3 is 0 Å². The van der Waals surface area contributed by atoms with Crippen LogP contribution >= 0.6 is 15.9 Å². The summed E-state index contributed by atoms with van der Waals surface area (Å²) in [6.45, 7) is 4.00. The topological polar surface area (TPSA) is 69.0 Å². The lowest BCUT2D eigenvalue weighted by atomic mass is 10.1. The van der Waals surface area contributed by atoms with Crippen molar-refractivity contribution in [1.82, 2.24) is 19.3 Å². The molecular weight excluding hydrogens is 472 g/mol. The molecule has 4 aromatic rings. The zero-order valence-corrected chi connectivity index (χ0v) is 19.6. The van der Waals surface area contributed by atoms with Crippen molar-refractivity contribution in [3.63, 3.8) is 0 Å². The third-order valence-electron chi connectivity index (χ3n) is 6.02. The Labute approximate surface area is 194 Å². The third kappa shape index (κ3) is 4.04. The molecule has 1 fully saturated rings. The first-order chi connectivity index (χ1) is 15.6. The van der Waals surface area contributed by atoms with Crippen LogP contribution in [-0.4, -0.2) is 52.6 Å². The van der Waals surface area contributed by atoms with Gasteiger partial charge in [0.05, 0.1) is 30.1 Å². The average molecular weight is 497 g/mol. The summed E-state index contributed by atoms with van der Waals surface area (Å²) in [5.41, 5.74) is 1.74. The Hall–Kier alpha value is -2.71. The van der Waals surface area contributed by atoms with Gasteiger partial charge in [0, 0.05) is 22.5 Å². The molecule has 0 radical (unpaired) electrons. The molecule has 1 saturated heterocycles. The molecule has 2 aromatic heterocycles. The van der Waals surface area contributed by atoms with Crippen LogP contribution in [-0.2, 0) is 0 Å². The van der Waals surface area contributed by atoms with Crippen molar-refractivity contribution in [3.05, 3.63) is 51.5 Å². The summed E-state index contributed by atoms with van der Waals surface area (Å²) in [4.78, 5) is 24.8. The second-order valence-electron chi connectivity index (χ2n) is 8.14. The highest BCUT2D eigenvalue weighted by molar-refractivity contribution is 9.10. The minimum atomic E-state index is -0.152. The van der Waals surface area contributed by atoms with Crippen molar-refractivity contribution < 1.29 is 9.47 Å². The Balaban J connectivity index is 1.50. The van der Waals surface area contributed by atoms with Crippen LogP contribution in [0.5, 0.6) is 11.5 Å². The Morgan fingerprint density at radius 2 is 1.88 bits per heavy atom. The highest BCUT2D eigenvalue weighted by Crippen LogP contribution is 2.33. The van der Waals surface area contributed by atoms with Gasteiger partial charge in [-0.15, -0.1) is 0 Å². The second-order valence-corrected chi connectivity index (χ2v) is 9.06. The van der Waals surface area contributed by atoms with E-state index in [4.69, 9.17) is 14.5 Å². The predicted octanol–water partition coefficient (Wildman–Crippen LogP) is 4.42. The lowest BCUT2D eigenvalue weighted by molar-refractivity contribution is 0.203. The molecule has 5 rings (SSSR count). The molecule has 7 nitrogen and oxygen atoms in total. The summed E-state index contributed by atoms with van der Waals surface area (Å²) >= 11 is 3.43. The highest BCUT2D eigenvalue weighted by Gasteiger charge is 2.15. The summed E-state index contributed by atoms with van der Waals surface area (Å²) in [7, 11) is 1.62. The van der Waals surface area contributed by atoms with Crippen molar-refractivity contribution in [1.29, 1.82) is 0 Å². The van der Waals surface area contributed by atoms with E-state index in [2.05, 4.69) is 25.8 Å². The van der Waals surface area contributed by atoms with Gasteiger partial charge < -0.3 is 14.4 Å². The van der Waals surface area contributed by atoms with Crippen molar-refractivity contribution >= 4 is 43.4 Å². The number of ether oxygens (including phenoxy) is 2. The van der Waals surface area contributed by atoms with E-state index in [0.29, 0.717) is 40.2 Å². The molecule has 0 atom stereocenters. The Morgan fingerprint density at radius 1 is 1.03 bits per heavy atom. The van der Waals surface area contributed by atoms with Crippen LogP contribution in [0.1, 0.15) is 25.7 Å². The predicted molar refractivity (Wildman–Crippen MR) is 129 cm³/mol. The number of benzene rings is 2. The number of hydrogen-bond acceptors (Lipinski definition) is 6. The Morgan fingerprint density at radius 3 is 2.69 bits per heavy atom. The van der Waals surface area contributed by atoms with Crippen LogP contribution in [0, 0.1) is 0 Å². The number of hydrogen-bond donors (Lipinski definition) is 0. The number of fused-ring (bicyclic) bond motifs is 4. The fraction of sp³-hybridized carbons (Fsp3) is 0.375. The van der Waals surface area contributed by atoms with Gasteiger partial charge in [0.2, 0.25) is 0 Å². The van der Waals surface area contributed by atoms with Gasteiger partial charge in [0.25, 0.3) is 5.56 Å². The van der Waals surface area contributed by atoms with Gasteiger partial charge in [0.15, 0.2) is 17.1 Å². The molecule has 1 aliphatic heterocycles. The number of rotatable bonds is 6. The molecule has 3 heterocycles. The summed E-state index contributed by atoms with van der Waals surface area (Å²) in [5.74, 6) is 1.26. The lowest BCUT2D eigenvalue weighted by Crippen LogP contribution is -2.31. The maximum atomic E-state index is 13.1. The summed E-state index contributed by atoms with van der Waals surface area (Å²) in [6, 6.07) is 9.23. The highest BCUT2D eigenvalue weighted by atomic mass is 79.9. The fourth-order valence-electron chi connectivity index (χ4n) is 4.35. The van der Waals surface area contributed by atoms with E-state index >= 15 is 0 Å². The number of halogens is 1. The molecule has 1 aliphatic rings. The molecule has 0 bridgehead atoms. The van der Waals surface area contributed by atoms with E-state index in [0.717, 1.165) is 22.8 Å². The van der Waals surface area contributed by atoms with E-state index < -0.39 is 0 Å². The summed E-state index contributed by atoms with van der Waals surface area (Å²) in [6.07, 6.45) is 6.39. The van der Waals surface area contributed by atoms with Crippen LogP contribution in [0.4, 0.5) is 0 Å². The number of methoxy groups -OCH3 is 1. The average Bonchev–Trinajstić information content (AvgIpc) is 2.82. The van der Waals surface area contributed by atoms with Gasteiger partial charge in [-0.25, -0.2) is 14.4 Å². The first kappa shape index (κ1) is 21.2. The lowest BCUT2D eigenvalue weighted by Gasteiger charge is -2.26. The number of piperidine rings is 1. The monoisotopic (exact) mass is 496 g/mol. The van der Waals surface area contributed by atoms with Crippen molar-refractivity contribution in [2.45, 2.75) is 25.7 Å². The number of likely N-dealkylation sites (tertiary alicyclic amines) is 1. The zero-order chi connectivity index (χ0) is 22.1. The van der Waals surface area contributed by atoms with Crippen LogP contribution in [0.25, 0.3) is 27.5 Å². The van der Waals surface area contributed by atoms with Crippen LogP contribution in [0.2, 0.25) is 0 Å². The van der Waals surface area contributed by atoms with Crippen LogP contribution in [0.3, 0.4) is 0 Å². The molecule has 0 N–H and O–H groups in total. The maximum absolute atomic E-state index is 13.1. The van der Waals surface area contributed by atoms with Gasteiger partial charge in [-0.1, -0.05) is 22.4 Å². The first-order valence-electron chi connectivity index (χ1n) is 11.0. The van der Waals surface area contributed by atoms with Gasteiger partial charge in [-0.2, -0.15) is 0 Å². The fourth-order valence-corrected chi connectivity index (χ4v) is 4.71. The van der Waals surface area contributed by atoms with E-state index in [1.54, 1.807) is 13.2 Å². The molecule has 8 heteroatoms. The smallest absolute Gasteiger partial charge is 0.267 e. The molecule has 0 amide bonds. The van der Waals surface area contributed by atoms with Crippen molar-refractivity contribution in [2.75, 3.05) is 33.4 Å².